The topological polar surface area (TPSA) is 65.2 Å². The summed E-state index contributed by atoms with van der Waals surface area (Å²) in [6.45, 7) is 17.6. The predicted octanol–water partition coefficient (Wildman–Crippen LogP) is 6.31. The zero-order valence-corrected chi connectivity index (χ0v) is 23.6. The summed E-state index contributed by atoms with van der Waals surface area (Å²) >= 11 is 0. The Hall–Kier alpha value is -2.97. The molecule has 2 N–H and O–H groups in total. The first-order chi connectivity index (χ1) is 15.8. The van der Waals surface area contributed by atoms with Crippen molar-refractivity contribution in [2.24, 2.45) is 9.98 Å². The zero-order valence-electron chi connectivity index (χ0n) is 21.6. The molecule has 0 aliphatic heterocycles. The van der Waals surface area contributed by atoms with Gasteiger partial charge in [-0.05, 0) is 43.2 Å². The fraction of sp³-hybridized carbons (Fsp3) is 0.286. The van der Waals surface area contributed by atoms with E-state index in [2.05, 4.69) is 73.5 Å². The molecule has 0 amide bonds. The van der Waals surface area contributed by atoms with Crippen LogP contribution in [0, 0.1) is 13.8 Å². The van der Waals surface area contributed by atoms with Crippen LogP contribution in [0.15, 0.2) is 58.5 Å². The van der Waals surface area contributed by atoms with E-state index < -0.39 is 16.1 Å². The lowest BCUT2D eigenvalue weighted by atomic mass is 10.1. The van der Waals surface area contributed by atoms with Crippen LogP contribution >= 0.6 is 0 Å². The number of hydrogen-bond donors (Lipinski definition) is 2. The standard InChI is InChI=1S/C28H36N2O2Si2/c1-19-12-25(33(3,4)5)14-21(27(19)31)17-29-23-10-9-11-24(16-23)30-18-22-15-26(34(6,7)8)13-20(2)28(22)32/h9-18,31-32H,1-8H3. The number of phenolic OH excluding ortho intramolecular Hbond substituents is 2. The monoisotopic (exact) mass is 488 g/mol. The molecule has 3 aromatic rings. The van der Waals surface area contributed by atoms with Gasteiger partial charge in [-0.2, -0.15) is 0 Å². The number of benzene rings is 3. The maximum Gasteiger partial charge on any atom is 0.127 e. The molecule has 34 heavy (non-hydrogen) atoms. The van der Waals surface area contributed by atoms with Crippen molar-refractivity contribution in [1.82, 2.24) is 0 Å². The molecular weight excluding hydrogens is 452 g/mol. The Morgan fingerprint density at radius 1 is 0.618 bits per heavy atom. The van der Waals surface area contributed by atoms with Gasteiger partial charge in [0, 0.05) is 23.6 Å². The van der Waals surface area contributed by atoms with E-state index in [4.69, 9.17) is 0 Å². The van der Waals surface area contributed by atoms with E-state index in [-0.39, 0.29) is 11.5 Å². The van der Waals surface area contributed by atoms with Crippen LogP contribution in [0.25, 0.3) is 0 Å². The SMILES string of the molecule is Cc1cc([Si](C)(C)C)cc(C=Nc2cccc(N=Cc3cc([Si](C)(C)C)cc(C)c3O)c2)c1O. The van der Waals surface area contributed by atoms with Crippen molar-refractivity contribution in [3.05, 3.63) is 70.8 Å². The highest BCUT2D eigenvalue weighted by molar-refractivity contribution is 6.89. The van der Waals surface area contributed by atoms with Crippen LogP contribution in [0.4, 0.5) is 11.4 Å². The lowest BCUT2D eigenvalue weighted by Crippen LogP contribution is -2.38. The van der Waals surface area contributed by atoms with Gasteiger partial charge >= 0.3 is 0 Å². The number of aliphatic imine (C=N–C) groups is 2. The third-order valence-corrected chi connectivity index (χ3v) is 9.97. The molecule has 0 atom stereocenters. The summed E-state index contributed by atoms with van der Waals surface area (Å²) in [6, 6.07) is 15.9. The van der Waals surface area contributed by atoms with Crippen LogP contribution in [-0.4, -0.2) is 38.8 Å². The van der Waals surface area contributed by atoms with E-state index in [1.807, 2.05) is 38.1 Å². The second-order valence-electron chi connectivity index (χ2n) is 11.0. The van der Waals surface area contributed by atoms with Gasteiger partial charge in [0.05, 0.1) is 27.5 Å². The Balaban J connectivity index is 1.90. The van der Waals surface area contributed by atoms with Gasteiger partial charge in [-0.15, -0.1) is 0 Å². The average molecular weight is 489 g/mol. The first-order valence-electron chi connectivity index (χ1n) is 11.6. The van der Waals surface area contributed by atoms with Crippen molar-refractivity contribution in [1.29, 1.82) is 0 Å². The lowest BCUT2D eigenvalue weighted by Gasteiger charge is -2.19. The van der Waals surface area contributed by atoms with Crippen molar-refractivity contribution in [2.45, 2.75) is 53.1 Å². The van der Waals surface area contributed by atoms with Gasteiger partial charge in [0.15, 0.2) is 0 Å². The Morgan fingerprint density at radius 2 is 1.00 bits per heavy atom. The predicted molar refractivity (Wildman–Crippen MR) is 153 cm³/mol. The number of aromatic hydroxyl groups is 2. The quantitative estimate of drug-likeness (QED) is 0.315. The number of nitrogens with zero attached hydrogens (tertiary/aromatic N) is 2. The molecule has 0 bridgehead atoms. The minimum Gasteiger partial charge on any atom is -0.507 e. The fourth-order valence-corrected chi connectivity index (χ4v) is 6.09. The van der Waals surface area contributed by atoms with Crippen LogP contribution in [0.3, 0.4) is 0 Å². The van der Waals surface area contributed by atoms with Crippen LogP contribution in [0.5, 0.6) is 11.5 Å². The smallest absolute Gasteiger partial charge is 0.127 e. The Morgan fingerprint density at radius 3 is 1.35 bits per heavy atom. The third kappa shape index (κ3) is 6.13. The van der Waals surface area contributed by atoms with Crippen molar-refractivity contribution >= 4 is 50.3 Å². The van der Waals surface area contributed by atoms with Crippen molar-refractivity contribution in [3.8, 4) is 11.5 Å². The molecule has 0 aliphatic carbocycles. The minimum atomic E-state index is -1.51. The second-order valence-corrected chi connectivity index (χ2v) is 21.2. The highest BCUT2D eigenvalue weighted by atomic mass is 28.3. The molecule has 0 spiro atoms. The Kier molecular flexibility index (Phi) is 7.33. The van der Waals surface area contributed by atoms with Crippen LogP contribution in [-0.2, 0) is 0 Å². The van der Waals surface area contributed by atoms with Crippen molar-refractivity contribution < 1.29 is 10.2 Å². The van der Waals surface area contributed by atoms with Gasteiger partial charge < -0.3 is 10.2 Å². The summed E-state index contributed by atoms with van der Waals surface area (Å²) in [5.41, 5.74) is 4.71. The molecule has 0 saturated heterocycles. The van der Waals surface area contributed by atoms with Gasteiger partial charge in [-0.25, -0.2) is 0 Å². The van der Waals surface area contributed by atoms with Gasteiger partial charge in [0.25, 0.3) is 0 Å². The Labute approximate surface area is 205 Å². The largest absolute Gasteiger partial charge is 0.507 e. The first kappa shape index (κ1) is 25.7. The molecule has 0 fully saturated rings. The summed E-state index contributed by atoms with van der Waals surface area (Å²) in [6.07, 6.45) is 3.45. The summed E-state index contributed by atoms with van der Waals surface area (Å²) in [7, 11) is -3.03. The van der Waals surface area contributed by atoms with Crippen LogP contribution < -0.4 is 10.4 Å². The maximum atomic E-state index is 10.5. The molecule has 0 aliphatic rings. The van der Waals surface area contributed by atoms with E-state index in [1.165, 1.54) is 10.4 Å². The minimum absolute atomic E-state index is 0.271. The normalized spacial score (nSPS) is 12.7. The molecule has 3 rings (SSSR count). The van der Waals surface area contributed by atoms with Crippen molar-refractivity contribution in [3.63, 3.8) is 0 Å². The molecule has 4 nitrogen and oxygen atoms in total. The average Bonchev–Trinajstić information content (AvgIpc) is 2.74. The fourth-order valence-electron chi connectivity index (χ4n) is 3.62. The molecule has 178 valence electrons. The number of phenols is 2. The van der Waals surface area contributed by atoms with Gasteiger partial charge in [0.2, 0.25) is 0 Å². The number of hydrogen-bond acceptors (Lipinski definition) is 4. The summed E-state index contributed by atoms with van der Waals surface area (Å²) in [5.74, 6) is 0.543. The number of aryl methyl sites for hydroxylation is 2. The maximum absolute atomic E-state index is 10.5. The molecule has 6 heteroatoms. The summed E-state index contributed by atoms with van der Waals surface area (Å²) in [5, 5.41) is 23.7. The van der Waals surface area contributed by atoms with Gasteiger partial charge in [-0.3, -0.25) is 9.98 Å². The van der Waals surface area contributed by atoms with Gasteiger partial charge in [-0.1, -0.05) is 80.0 Å². The highest BCUT2D eigenvalue weighted by Gasteiger charge is 2.20. The summed E-state index contributed by atoms with van der Waals surface area (Å²) in [4.78, 5) is 9.22. The van der Waals surface area contributed by atoms with E-state index >= 15 is 0 Å². The molecule has 0 radical (unpaired) electrons. The van der Waals surface area contributed by atoms with E-state index in [0.717, 1.165) is 33.6 Å². The third-order valence-electron chi connectivity index (χ3n) is 5.93. The molecule has 0 saturated carbocycles. The first-order valence-corrected chi connectivity index (χ1v) is 18.6. The Bertz CT molecular complexity index is 1170. The molecule has 3 aromatic carbocycles. The van der Waals surface area contributed by atoms with Crippen LogP contribution in [0.2, 0.25) is 39.3 Å². The second kappa shape index (κ2) is 9.72. The van der Waals surface area contributed by atoms with E-state index in [0.29, 0.717) is 0 Å². The summed E-state index contributed by atoms with van der Waals surface area (Å²) < 4.78 is 0. The van der Waals surface area contributed by atoms with E-state index in [1.54, 1.807) is 12.4 Å². The number of rotatable bonds is 6. The molecule has 0 heterocycles. The lowest BCUT2D eigenvalue weighted by molar-refractivity contribution is 0.470. The van der Waals surface area contributed by atoms with Crippen molar-refractivity contribution in [2.75, 3.05) is 0 Å². The highest BCUT2D eigenvalue weighted by Crippen LogP contribution is 2.25. The zero-order chi connectivity index (χ0) is 25.3. The van der Waals surface area contributed by atoms with Crippen LogP contribution in [0.1, 0.15) is 22.3 Å². The molecule has 0 aromatic heterocycles. The molecule has 0 unspecified atom stereocenters. The van der Waals surface area contributed by atoms with Gasteiger partial charge in [0.1, 0.15) is 11.5 Å². The molecular formula is C28H36N2O2Si2. The van der Waals surface area contributed by atoms with E-state index in [9.17, 15) is 10.2 Å².